The Bertz CT molecular complexity index is 334. The summed E-state index contributed by atoms with van der Waals surface area (Å²) in [6.07, 6.45) is 13.9. The molecule has 1 unspecified atom stereocenters. The SMILES string of the molecule is O=S([O-])c1ccccc1.[CH2-]CCCCCCCCCCC.[Ca+2]. The molecule has 4 heteroatoms. The summed E-state index contributed by atoms with van der Waals surface area (Å²) in [5.41, 5.74) is 0. The molecule has 0 fully saturated rings. The van der Waals surface area contributed by atoms with Crippen LogP contribution in [0.4, 0.5) is 0 Å². The van der Waals surface area contributed by atoms with Crippen LogP contribution in [0.25, 0.3) is 0 Å². The van der Waals surface area contributed by atoms with Crippen molar-refractivity contribution in [1.82, 2.24) is 0 Å². The van der Waals surface area contributed by atoms with E-state index >= 15 is 0 Å². The Labute approximate surface area is 169 Å². The molecule has 0 bridgehead atoms. The van der Waals surface area contributed by atoms with Crippen LogP contribution in [0.3, 0.4) is 0 Å². The monoisotopic (exact) mass is 350 g/mol. The second-order valence-corrected chi connectivity index (χ2v) is 6.17. The summed E-state index contributed by atoms with van der Waals surface area (Å²) in [5.74, 6) is 0. The van der Waals surface area contributed by atoms with Gasteiger partial charge in [-0.3, -0.25) is 4.21 Å². The van der Waals surface area contributed by atoms with Crippen molar-refractivity contribution in [1.29, 1.82) is 0 Å². The molecule has 0 aromatic heterocycles. The van der Waals surface area contributed by atoms with Crippen LogP contribution < -0.4 is 0 Å². The van der Waals surface area contributed by atoms with Gasteiger partial charge in [0, 0.05) is 4.90 Å². The van der Waals surface area contributed by atoms with E-state index < -0.39 is 11.1 Å². The first kappa shape index (κ1) is 24.8. The fraction of sp³-hybridized carbons (Fsp3) is 0.611. The molecule has 1 atom stereocenters. The van der Waals surface area contributed by atoms with Gasteiger partial charge in [-0.15, -0.1) is 0 Å². The predicted molar refractivity (Wildman–Crippen MR) is 96.6 cm³/mol. The molecule has 122 valence electrons. The number of rotatable bonds is 10. The maximum Gasteiger partial charge on any atom is 2.00 e. The van der Waals surface area contributed by atoms with E-state index in [-0.39, 0.29) is 37.7 Å². The molecule has 0 radical (unpaired) electrons. The molecule has 1 aromatic rings. The van der Waals surface area contributed by atoms with Gasteiger partial charge in [-0.1, -0.05) is 82.9 Å². The molecule has 0 saturated heterocycles. The number of hydrogen-bond acceptors (Lipinski definition) is 2. The molecule has 2 nitrogen and oxygen atoms in total. The Balaban J connectivity index is 0. The van der Waals surface area contributed by atoms with Crippen LogP contribution in [0, 0.1) is 6.92 Å². The summed E-state index contributed by atoms with van der Waals surface area (Å²) in [4.78, 5) is 0.331. The van der Waals surface area contributed by atoms with E-state index in [1.54, 1.807) is 30.3 Å². The Morgan fingerprint density at radius 1 is 0.909 bits per heavy atom. The van der Waals surface area contributed by atoms with Crippen molar-refractivity contribution in [2.75, 3.05) is 0 Å². The van der Waals surface area contributed by atoms with Crippen molar-refractivity contribution < 1.29 is 8.76 Å². The molecule has 0 N–H and O–H groups in total. The quantitative estimate of drug-likeness (QED) is 0.249. The zero-order valence-corrected chi connectivity index (χ0v) is 17.1. The molecule has 0 aliphatic heterocycles. The average molecular weight is 351 g/mol. The molecule has 0 amide bonds. The average Bonchev–Trinajstić information content (AvgIpc) is 2.51. The third kappa shape index (κ3) is 17.0. The molecule has 1 aromatic carbocycles. The van der Waals surface area contributed by atoms with Crippen molar-refractivity contribution in [2.24, 2.45) is 0 Å². The zero-order chi connectivity index (χ0) is 15.8. The van der Waals surface area contributed by atoms with Crippen LogP contribution in [-0.4, -0.2) is 46.5 Å². The van der Waals surface area contributed by atoms with Crippen molar-refractivity contribution >= 4 is 48.8 Å². The van der Waals surface area contributed by atoms with Gasteiger partial charge in [0.15, 0.2) is 0 Å². The fourth-order valence-corrected chi connectivity index (χ4v) is 2.40. The summed E-state index contributed by atoms with van der Waals surface area (Å²) in [6, 6.07) is 8.23. The first-order chi connectivity index (χ1) is 10.2. The summed E-state index contributed by atoms with van der Waals surface area (Å²) in [7, 11) is 0. The largest absolute Gasteiger partial charge is 2.00 e. The maximum absolute atomic E-state index is 10.2. The minimum absolute atomic E-state index is 0. The number of benzene rings is 1. The Hall–Kier alpha value is 0.590. The van der Waals surface area contributed by atoms with Crippen molar-refractivity contribution in [2.45, 2.75) is 76.0 Å². The van der Waals surface area contributed by atoms with Gasteiger partial charge in [0.1, 0.15) is 0 Å². The van der Waals surface area contributed by atoms with E-state index in [0.717, 1.165) is 6.42 Å². The van der Waals surface area contributed by atoms with Crippen LogP contribution in [0.15, 0.2) is 35.2 Å². The summed E-state index contributed by atoms with van der Waals surface area (Å²) in [5, 5.41) is 0. The Morgan fingerprint density at radius 3 is 1.73 bits per heavy atom. The molecule has 0 spiro atoms. The van der Waals surface area contributed by atoms with Gasteiger partial charge in [-0.25, -0.2) is 0 Å². The van der Waals surface area contributed by atoms with E-state index in [1.807, 2.05) is 0 Å². The van der Waals surface area contributed by atoms with Gasteiger partial charge in [-0.05, 0) is 23.2 Å². The minimum Gasteiger partial charge on any atom is -0.768 e. The third-order valence-corrected chi connectivity index (χ3v) is 3.95. The van der Waals surface area contributed by atoms with Crippen molar-refractivity contribution in [3.63, 3.8) is 0 Å². The van der Waals surface area contributed by atoms with Crippen LogP contribution in [-0.2, 0) is 11.1 Å². The van der Waals surface area contributed by atoms with Gasteiger partial charge in [-0.2, -0.15) is 6.42 Å². The number of unbranched alkanes of at least 4 members (excludes halogenated alkanes) is 9. The van der Waals surface area contributed by atoms with E-state index in [2.05, 4.69) is 13.8 Å². The Morgan fingerprint density at radius 2 is 1.36 bits per heavy atom. The van der Waals surface area contributed by atoms with Gasteiger partial charge in [0.25, 0.3) is 0 Å². The summed E-state index contributed by atoms with van der Waals surface area (Å²) >= 11 is -2.08. The summed E-state index contributed by atoms with van der Waals surface area (Å²) in [6.45, 7) is 6.12. The van der Waals surface area contributed by atoms with Crippen molar-refractivity contribution in [3.8, 4) is 0 Å². The van der Waals surface area contributed by atoms with Gasteiger partial charge in [0.2, 0.25) is 0 Å². The first-order valence-corrected chi connectivity index (χ1v) is 9.23. The van der Waals surface area contributed by atoms with E-state index in [9.17, 15) is 8.76 Å². The van der Waals surface area contributed by atoms with Gasteiger partial charge < -0.3 is 11.5 Å². The molecular weight excluding hydrogens is 320 g/mol. The molecule has 0 saturated carbocycles. The van der Waals surface area contributed by atoms with Crippen LogP contribution >= 0.6 is 0 Å². The molecule has 0 aliphatic rings. The third-order valence-electron chi connectivity index (χ3n) is 3.29. The smallest absolute Gasteiger partial charge is 0.768 e. The zero-order valence-electron chi connectivity index (χ0n) is 14.1. The topological polar surface area (TPSA) is 40.1 Å². The van der Waals surface area contributed by atoms with Crippen molar-refractivity contribution in [3.05, 3.63) is 37.3 Å². The summed E-state index contributed by atoms with van der Waals surface area (Å²) < 4.78 is 20.4. The van der Waals surface area contributed by atoms with Crippen LogP contribution in [0.2, 0.25) is 0 Å². The van der Waals surface area contributed by atoms with Gasteiger partial charge >= 0.3 is 37.7 Å². The second-order valence-electron chi connectivity index (χ2n) is 5.23. The van der Waals surface area contributed by atoms with Crippen LogP contribution in [0.5, 0.6) is 0 Å². The fourth-order valence-electron chi connectivity index (χ4n) is 2.02. The minimum atomic E-state index is -2.08. The molecule has 22 heavy (non-hydrogen) atoms. The molecule has 0 heterocycles. The van der Waals surface area contributed by atoms with E-state index in [1.165, 1.54) is 57.8 Å². The Kier molecular flexibility index (Phi) is 22.2. The normalized spacial score (nSPS) is 11.0. The molecule has 0 aliphatic carbocycles. The second kappa shape index (κ2) is 19.6. The first-order valence-electron chi connectivity index (χ1n) is 8.16. The maximum atomic E-state index is 10.2. The molecule has 1 rings (SSSR count). The number of hydrogen-bond donors (Lipinski definition) is 0. The van der Waals surface area contributed by atoms with Crippen LogP contribution in [0.1, 0.15) is 71.1 Å². The van der Waals surface area contributed by atoms with Gasteiger partial charge in [0.05, 0.1) is 0 Å². The predicted octanol–water partition coefficient (Wildman–Crippen LogP) is 5.29. The standard InChI is InChI=1S/C12H25.C6H6O2S.Ca/c1-3-5-7-9-11-12-10-8-6-4-2;7-9(8)6-4-2-1-3-5-6;/h1,3-12H2,2H3;1-5H,(H,7,8);/q-1;;+2/p-1. The van der Waals surface area contributed by atoms with E-state index in [4.69, 9.17) is 0 Å². The van der Waals surface area contributed by atoms with E-state index in [0.29, 0.717) is 4.90 Å². The molecular formula is C18H30CaO2S.